The van der Waals surface area contributed by atoms with Gasteiger partial charge >= 0.3 is 0 Å². The van der Waals surface area contributed by atoms with Gasteiger partial charge in [0, 0.05) is 31.9 Å². The lowest BCUT2D eigenvalue weighted by Gasteiger charge is -2.38. The number of hydrogen-bond donors (Lipinski definition) is 2. The summed E-state index contributed by atoms with van der Waals surface area (Å²) in [6, 6.07) is 7.33. The fourth-order valence-corrected chi connectivity index (χ4v) is 3.30. The number of hydrogen-bond acceptors (Lipinski definition) is 5. The minimum absolute atomic E-state index is 0. The number of piperazine rings is 1. The topological polar surface area (TPSA) is 87.9 Å². The van der Waals surface area contributed by atoms with Gasteiger partial charge < -0.3 is 20.7 Å². The Kier molecular flexibility index (Phi) is 9.72. The molecule has 1 aromatic carbocycles. The molecule has 3 N–H and O–H groups in total. The zero-order valence-electron chi connectivity index (χ0n) is 17.1. The van der Waals surface area contributed by atoms with Crippen LogP contribution in [0.5, 0.6) is 5.75 Å². The highest BCUT2D eigenvalue weighted by Crippen LogP contribution is 2.16. The van der Waals surface area contributed by atoms with Crippen molar-refractivity contribution in [1.82, 2.24) is 9.80 Å². The first-order valence-corrected chi connectivity index (χ1v) is 9.69. The first-order chi connectivity index (χ1) is 12.9. The van der Waals surface area contributed by atoms with Crippen molar-refractivity contribution in [2.75, 3.05) is 44.6 Å². The number of nitrogens with two attached hydrogens (primary N) is 1. The predicted octanol–water partition coefficient (Wildman–Crippen LogP) is 2.11. The van der Waals surface area contributed by atoms with E-state index in [0.29, 0.717) is 45.8 Å². The highest BCUT2D eigenvalue weighted by atomic mass is 35.5. The molecule has 1 aliphatic heterocycles. The first kappa shape index (κ1) is 24.2. The highest BCUT2D eigenvalue weighted by molar-refractivity contribution is 5.92. The number of halogens is 1. The maximum Gasteiger partial charge on any atom is 0.242 e. The van der Waals surface area contributed by atoms with Gasteiger partial charge in [0.2, 0.25) is 11.8 Å². The summed E-state index contributed by atoms with van der Waals surface area (Å²) >= 11 is 0. The molecule has 1 saturated heterocycles. The molecule has 2 rings (SSSR count). The molecule has 1 aliphatic rings. The molecule has 8 heteroatoms. The van der Waals surface area contributed by atoms with Gasteiger partial charge in [0.15, 0.2) is 0 Å². The molecule has 1 fully saturated rings. The lowest BCUT2D eigenvalue weighted by molar-refractivity contribution is -0.138. The average Bonchev–Trinajstić information content (AvgIpc) is 2.63. The van der Waals surface area contributed by atoms with E-state index in [1.165, 1.54) is 0 Å². The minimum atomic E-state index is -0.804. The number of nitrogens with one attached hydrogen (secondary N) is 1. The Morgan fingerprint density at radius 1 is 1.14 bits per heavy atom. The fraction of sp³-hybridized carbons (Fsp3) is 0.600. The quantitative estimate of drug-likeness (QED) is 0.682. The summed E-state index contributed by atoms with van der Waals surface area (Å²) in [6.07, 6.45) is 1.56. The molecule has 0 aromatic heterocycles. The predicted molar refractivity (Wildman–Crippen MR) is 114 cm³/mol. The van der Waals surface area contributed by atoms with Crippen LogP contribution in [0.25, 0.3) is 0 Å². The standard InChI is InChI=1S/C20H32N4O3.ClH/c1-4-10-20(3,21)19(26)24-13-11-23(12-14-24)15-18(25)22-16-6-8-17(9-7-16)27-5-2;/h6-9H,4-5,10-15,21H2,1-3H3,(H,22,25);1H. The van der Waals surface area contributed by atoms with Gasteiger partial charge in [-0.25, -0.2) is 0 Å². The Labute approximate surface area is 174 Å². The van der Waals surface area contributed by atoms with Crippen LogP contribution in [0, 0.1) is 0 Å². The molecule has 0 saturated carbocycles. The van der Waals surface area contributed by atoms with Gasteiger partial charge in [0.1, 0.15) is 5.75 Å². The number of benzene rings is 1. The van der Waals surface area contributed by atoms with Crippen molar-refractivity contribution in [2.45, 2.75) is 39.2 Å². The van der Waals surface area contributed by atoms with Crippen LogP contribution >= 0.6 is 12.4 Å². The molecule has 1 aromatic rings. The van der Waals surface area contributed by atoms with E-state index in [1.807, 2.05) is 43.0 Å². The molecular formula is C20H33ClN4O3. The summed E-state index contributed by atoms with van der Waals surface area (Å²) in [5.41, 5.74) is 6.10. The molecular weight excluding hydrogens is 380 g/mol. The Hall–Kier alpha value is -1.83. The molecule has 28 heavy (non-hydrogen) atoms. The smallest absolute Gasteiger partial charge is 0.242 e. The van der Waals surface area contributed by atoms with Gasteiger partial charge in [-0.1, -0.05) is 13.3 Å². The van der Waals surface area contributed by atoms with Crippen LogP contribution in [0.4, 0.5) is 5.69 Å². The first-order valence-electron chi connectivity index (χ1n) is 9.69. The second kappa shape index (κ2) is 11.2. The summed E-state index contributed by atoms with van der Waals surface area (Å²) in [4.78, 5) is 28.7. The van der Waals surface area contributed by atoms with Crippen LogP contribution < -0.4 is 15.8 Å². The Balaban J connectivity index is 0.00000392. The molecule has 1 atom stereocenters. The number of amides is 2. The number of anilines is 1. The number of ether oxygens (including phenoxy) is 1. The third-order valence-corrected chi connectivity index (χ3v) is 4.73. The van der Waals surface area contributed by atoms with E-state index < -0.39 is 5.54 Å². The largest absolute Gasteiger partial charge is 0.494 e. The lowest BCUT2D eigenvalue weighted by Crippen LogP contribution is -2.58. The molecule has 1 heterocycles. The number of rotatable bonds is 8. The molecule has 7 nitrogen and oxygen atoms in total. The highest BCUT2D eigenvalue weighted by Gasteiger charge is 2.33. The fourth-order valence-electron chi connectivity index (χ4n) is 3.30. The van der Waals surface area contributed by atoms with E-state index >= 15 is 0 Å². The second-order valence-corrected chi connectivity index (χ2v) is 7.24. The molecule has 158 valence electrons. The molecule has 2 amide bonds. The summed E-state index contributed by atoms with van der Waals surface area (Å²) in [7, 11) is 0. The van der Waals surface area contributed by atoms with Crippen LogP contribution in [-0.2, 0) is 9.59 Å². The monoisotopic (exact) mass is 412 g/mol. The maximum atomic E-state index is 12.5. The van der Waals surface area contributed by atoms with Crippen LogP contribution in [0.2, 0.25) is 0 Å². The van der Waals surface area contributed by atoms with Crippen molar-refractivity contribution in [3.8, 4) is 5.75 Å². The van der Waals surface area contributed by atoms with Gasteiger partial charge in [-0.2, -0.15) is 0 Å². The van der Waals surface area contributed by atoms with Crippen molar-refractivity contribution in [2.24, 2.45) is 5.73 Å². The summed E-state index contributed by atoms with van der Waals surface area (Å²) < 4.78 is 5.39. The maximum absolute atomic E-state index is 12.5. The van der Waals surface area contributed by atoms with Gasteiger partial charge in [-0.3, -0.25) is 14.5 Å². The molecule has 0 radical (unpaired) electrons. The van der Waals surface area contributed by atoms with Crippen molar-refractivity contribution >= 4 is 29.9 Å². The van der Waals surface area contributed by atoms with Gasteiger partial charge in [0.25, 0.3) is 0 Å². The number of carbonyl (C=O) groups excluding carboxylic acids is 2. The molecule has 0 aliphatic carbocycles. The molecule has 1 unspecified atom stereocenters. The van der Waals surface area contributed by atoms with E-state index in [4.69, 9.17) is 10.5 Å². The summed E-state index contributed by atoms with van der Waals surface area (Å²) in [6.45, 7) is 9.23. The Morgan fingerprint density at radius 2 is 1.75 bits per heavy atom. The van der Waals surface area contributed by atoms with E-state index in [-0.39, 0.29) is 24.2 Å². The SMILES string of the molecule is CCCC(C)(N)C(=O)N1CCN(CC(=O)Nc2ccc(OCC)cc2)CC1.Cl. The van der Waals surface area contributed by atoms with Crippen molar-refractivity contribution < 1.29 is 14.3 Å². The third-order valence-electron chi connectivity index (χ3n) is 4.73. The van der Waals surface area contributed by atoms with Gasteiger partial charge in [-0.15, -0.1) is 12.4 Å². The van der Waals surface area contributed by atoms with E-state index in [1.54, 1.807) is 6.92 Å². The van der Waals surface area contributed by atoms with Crippen molar-refractivity contribution in [3.05, 3.63) is 24.3 Å². The van der Waals surface area contributed by atoms with E-state index in [0.717, 1.165) is 17.9 Å². The van der Waals surface area contributed by atoms with E-state index in [9.17, 15) is 9.59 Å². The number of carbonyl (C=O) groups is 2. The van der Waals surface area contributed by atoms with Gasteiger partial charge in [0.05, 0.1) is 18.7 Å². The lowest BCUT2D eigenvalue weighted by atomic mass is 9.95. The van der Waals surface area contributed by atoms with Crippen molar-refractivity contribution in [1.29, 1.82) is 0 Å². The zero-order chi connectivity index (χ0) is 19.9. The third kappa shape index (κ3) is 6.96. The molecule has 0 bridgehead atoms. The normalized spacial score (nSPS) is 16.6. The summed E-state index contributed by atoms with van der Waals surface area (Å²) in [5.74, 6) is 0.725. The average molecular weight is 413 g/mol. The van der Waals surface area contributed by atoms with Crippen LogP contribution in [-0.4, -0.2) is 66.5 Å². The van der Waals surface area contributed by atoms with Crippen LogP contribution in [0.15, 0.2) is 24.3 Å². The van der Waals surface area contributed by atoms with Crippen LogP contribution in [0.1, 0.15) is 33.6 Å². The molecule has 0 spiro atoms. The summed E-state index contributed by atoms with van der Waals surface area (Å²) in [5, 5.41) is 2.90. The minimum Gasteiger partial charge on any atom is -0.494 e. The Morgan fingerprint density at radius 3 is 2.29 bits per heavy atom. The zero-order valence-corrected chi connectivity index (χ0v) is 17.9. The second-order valence-electron chi connectivity index (χ2n) is 7.24. The Bertz CT molecular complexity index is 629. The van der Waals surface area contributed by atoms with E-state index in [2.05, 4.69) is 10.2 Å². The number of nitrogens with zero attached hydrogens (tertiary/aromatic N) is 2. The van der Waals surface area contributed by atoms with Crippen LogP contribution in [0.3, 0.4) is 0 Å². The van der Waals surface area contributed by atoms with Crippen molar-refractivity contribution in [3.63, 3.8) is 0 Å². The van der Waals surface area contributed by atoms with Gasteiger partial charge in [-0.05, 0) is 44.5 Å².